The number of nitrogens with one attached hydrogen (secondary N) is 1. The van der Waals surface area contributed by atoms with Gasteiger partial charge in [-0.1, -0.05) is 23.7 Å². The third kappa shape index (κ3) is 3.91. The largest absolute Gasteiger partial charge is 0.394 e. The van der Waals surface area contributed by atoms with E-state index in [1.54, 1.807) is 6.26 Å². The summed E-state index contributed by atoms with van der Waals surface area (Å²) in [4.78, 5) is 8.02. The second-order valence-electron chi connectivity index (χ2n) is 9.04. The van der Waals surface area contributed by atoms with Crippen LogP contribution in [0.2, 0.25) is 5.02 Å². The molecule has 0 unspecified atom stereocenters. The first-order valence-electron chi connectivity index (χ1n) is 11.2. The lowest BCUT2D eigenvalue weighted by atomic mass is 9.77. The quantitative estimate of drug-likeness (QED) is 0.555. The van der Waals surface area contributed by atoms with Gasteiger partial charge in [0.05, 0.1) is 28.5 Å². The molecule has 1 atom stereocenters. The van der Waals surface area contributed by atoms with Gasteiger partial charge in [-0.25, -0.2) is 0 Å². The summed E-state index contributed by atoms with van der Waals surface area (Å²) < 4.78 is 14.8. The van der Waals surface area contributed by atoms with Crippen molar-refractivity contribution in [2.75, 3.05) is 36.2 Å². The predicted molar refractivity (Wildman–Crippen MR) is 130 cm³/mol. The summed E-state index contributed by atoms with van der Waals surface area (Å²) in [5, 5.41) is 14.2. The van der Waals surface area contributed by atoms with E-state index in [1.165, 1.54) is 5.56 Å². The van der Waals surface area contributed by atoms with E-state index >= 15 is 0 Å². The molecular weight excluding hydrogens is 444 g/mol. The van der Waals surface area contributed by atoms with E-state index < -0.39 is 10.8 Å². The Labute approximate surface area is 196 Å². The first kappa shape index (κ1) is 21.7. The number of hydrogen-bond acceptors (Lipinski definition) is 5. The Hall–Kier alpha value is -2.09. The molecule has 2 fully saturated rings. The molecule has 170 valence electrons. The maximum atomic E-state index is 12.7. The lowest BCUT2D eigenvalue weighted by molar-refractivity contribution is 0.143. The van der Waals surface area contributed by atoms with E-state index in [-0.39, 0.29) is 12.1 Å². The van der Waals surface area contributed by atoms with Crippen LogP contribution in [0.15, 0.2) is 47.5 Å². The molecule has 0 amide bonds. The number of nitrogens with zero attached hydrogens (tertiary/aromatic N) is 3. The van der Waals surface area contributed by atoms with Gasteiger partial charge in [0.1, 0.15) is 10.7 Å². The van der Waals surface area contributed by atoms with Gasteiger partial charge in [0.2, 0.25) is 5.95 Å². The number of aliphatic hydroxyl groups is 1. The van der Waals surface area contributed by atoms with Crippen molar-refractivity contribution in [3.63, 3.8) is 0 Å². The fourth-order valence-electron chi connectivity index (χ4n) is 4.98. The highest BCUT2D eigenvalue weighted by Gasteiger charge is 2.38. The fourth-order valence-corrected chi connectivity index (χ4v) is 5.94. The predicted octanol–water partition coefficient (Wildman–Crippen LogP) is 4.44. The van der Waals surface area contributed by atoms with Crippen molar-refractivity contribution in [2.24, 2.45) is 0 Å². The van der Waals surface area contributed by atoms with Gasteiger partial charge >= 0.3 is 0 Å². The van der Waals surface area contributed by atoms with Gasteiger partial charge in [0.25, 0.3) is 0 Å². The van der Waals surface area contributed by atoms with Crippen LogP contribution in [0, 0.1) is 0 Å². The second-order valence-corrected chi connectivity index (χ2v) is 10.8. The van der Waals surface area contributed by atoms with Crippen LogP contribution in [0.25, 0.3) is 5.52 Å². The van der Waals surface area contributed by atoms with Crippen LogP contribution in [0.3, 0.4) is 0 Å². The molecule has 2 N–H and O–H groups in total. The SMILES string of the molecule is C[S@@](=O)c1c(NC2(CO)CCC2)nc(N2CCC(c3ccc(Cl)cc3)CC2)n2cccc12. The van der Waals surface area contributed by atoms with E-state index in [0.29, 0.717) is 16.6 Å². The molecule has 5 rings (SSSR count). The van der Waals surface area contributed by atoms with E-state index in [0.717, 1.165) is 61.7 Å². The summed E-state index contributed by atoms with van der Waals surface area (Å²) in [6, 6.07) is 12.2. The number of aromatic nitrogens is 2. The molecule has 3 aromatic rings. The number of aliphatic hydroxyl groups excluding tert-OH is 1. The zero-order chi connectivity index (χ0) is 22.3. The maximum absolute atomic E-state index is 12.7. The van der Waals surface area contributed by atoms with Crippen LogP contribution in [-0.4, -0.2) is 50.2 Å². The number of hydrogen-bond donors (Lipinski definition) is 2. The van der Waals surface area contributed by atoms with E-state index in [1.807, 2.05) is 30.5 Å². The fraction of sp³-hybridized carbons (Fsp3) is 0.458. The third-order valence-corrected chi connectivity index (χ3v) is 8.26. The summed E-state index contributed by atoms with van der Waals surface area (Å²) in [5.74, 6) is 2.01. The molecule has 0 radical (unpaired) electrons. The number of benzene rings is 1. The normalized spacial score (nSPS) is 19.7. The summed E-state index contributed by atoms with van der Waals surface area (Å²) in [6.07, 6.45) is 8.64. The molecule has 1 saturated carbocycles. The highest BCUT2D eigenvalue weighted by atomic mass is 35.5. The van der Waals surface area contributed by atoms with E-state index in [2.05, 4.69) is 26.8 Å². The van der Waals surface area contributed by atoms with Gasteiger partial charge < -0.3 is 15.3 Å². The average molecular weight is 473 g/mol. The van der Waals surface area contributed by atoms with E-state index in [4.69, 9.17) is 16.6 Å². The Morgan fingerprint density at radius 2 is 1.94 bits per heavy atom. The highest BCUT2D eigenvalue weighted by molar-refractivity contribution is 7.84. The summed E-state index contributed by atoms with van der Waals surface area (Å²) in [6.45, 7) is 1.85. The van der Waals surface area contributed by atoms with Crippen LogP contribution in [-0.2, 0) is 10.8 Å². The van der Waals surface area contributed by atoms with Crippen LogP contribution in [0.5, 0.6) is 0 Å². The molecule has 3 heterocycles. The topological polar surface area (TPSA) is 69.9 Å². The molecule has 1 aromatic carbocycles. The zero-order valence-corrected chi connectivity index (χ0v) is 19.8. The van der Waals surface area contributed by atoms with Crippen molar-refractivity contribution in [2.45, 2.75) is 48.5 Å². The minimum absolute atomic E-state index is 0.0540. The molecule has 8 heteroatoms. The molecule has 0 spiro atoms. The van der Waals surface area contributed by atoms with Crippen molar-refractivity contribution in [3.8, 4) is 0 Å². The average Bonchev–Trinajstić information content (AvgIpc) is 3.25. The summed E-state index contributed by atoms with van der Waals surface area (Å²) >= 11 is 6.06. The summed E-state index contributed by atoms with van der Waals surface area (Å²) in [5.41, 5.74) is 1.89. The van der Waals surface area contributed by atoms with E-state index in [9.17, 15) is 9.32 Å². The Morgan fingerprint density at radius 1 is 1.22 bits per heavy atom. The standard InChI is InChI=1S/C24H29ClN4O2S/c1-32(31)21-20-4-2-13-29(20)23(26-22(21)27-24(16-30)11-3-12-24)28-14-9-18(10-15-28)17-5-7-19(25)8-6-17/h2,4-8,13,18,27,30H,3,9-12,14-16H2,1H3/t32-/m1/s1. The van der Waals surface area contributed by atoms with Crippen LogP contribution in [0.4, 0.5) is 11.8 Å². The Bertz CT molecular complexity index is 1130. The monoisotopic (exact) mass is 472 g/mol. The minimum Gasteiger partial charge on any atom is -0.394 e. The Morgan fingerprint density at radius 3 is 2.53 bits per heavy atom. The van der Waals surface area contributed by atoms with Crippen molar-refractivity contribution in [1.82, 2.24) is 9.38 Å². The van der Waals surface area contributed by atoms with Gasteiger partial charge in [-0.15, -0.1) is 0 Å². The molecule has 1 saturated heterocycles. The molecule has 1 aliphatic carbocycles. The zero-order valence-electron chi connectivity index (χ0n) is 18.3. The molecule has 2 aliphatic rings. The lowest BCUT2D eigenvalue weighted by Gasteiger charge is -2.42. The maximum Gasteiger partial charge on any atom is 0.212 e. The number of fused-ring (bicyclic) bond motifs is 1. The molecule has 0 bridgehead atoms. The van der Waals surface area contributed by atoms with Gasteiger partial charge in [-0.2, -0.15) is 4.98 Å². The van der Waals surface area contributed by atoms with Crippen molar-refractivity contribution >= 4 is 39.7 Å². The third-order valence-electron chi connectivity index (χ3n) is 7.03. The second kappa shape index (κ2) is 8.69. The van der Waals surface area contributed by atoms with Gasteiger partial charge in [-0.05, 0) is 67.9 Å². The number of halogens is 1. The van der Waals surface area contributed by atoms with Gasteiger partial charge in [0.15, 0.2) is 0 Å². The van der Waals surface area contributed by atoms with Crippen LogP contribution < -0.4 is 10.2 Å². The number of rotatable bonds is 6. The van der Waals surface area contributed by atoms with Gasteiger partial charge in [-0.3, -0.25) is 8.61 Å². The first-order chi connectivity index (χ1) is 15.5. The molecule has 32 heavy (non-hydrogen) atoms. The van der Waals surface area contributed by atoms with Crippen LogP contribution in [0.1, 0.15) is 43.6 Å². The Balaban J connectivity index is 1.46. The minimum atomic E-state index is -1.21. The number of anilines is 2. The van der Waals surface area contributed by atoms with Crippen molar-refractivity contribution in [1.29, 1.82) is 0 Å². The Kier molecular flexibility index (Phi) is 5.90. The molecule has 6 nitrogen and oxygen atoms in total. The lowest BCUT2D eigenvalue weighted by Crippen LogP contribution is -2.49. The molecule has 2 aromatic heterocycles. The molecular formula is C24H29ClN4O2S. The van der Waals surface area contributed by atoms with Crippen LogP contribution >= 0.6 is 11.6 Å². The highest BCUT2D eigenvalue weighted by Crippen LogP contribution is 2.38. The van der Waals surface area contributed by atoms with Gasteiger partial charge in [0, 0.05) is 30.6 Å². The molecule has 1 aliphatic heterocycles. The van der Waals surface area contributed by atoms with Crippen molar-refractivity contribution < 1.29 is 9.32 Å². The smallest absolute Gasteiger partial charge is 0.212 e. The first-order valence-corrected chi connectivity index (χ1v) is 13.2. The summed E-state index contributed by atoms with van der Waals surface area (Å²) in [7, 11) is -1.21. The van der Waals surface area contributed by atoms with Crippen molar-refractivity contribution in [3.05, 3.63) is 53.2 Å². The number of piperidine rings is 1.